The number of carbonyl (C=O) groups is 1. The third-order valence-corrected chi connectivity index (χ3v) is 4.17. The molecule has 116 valence electrons. The fourth-order valence-electron chi connectivity index (χ4n) is 3.26. The summed E-state index contributed by atoms with van der Waals surface area (Å²) in [6.45, 7) is 7.25. The number of hydrogen-bond acceptors (Lipinski definition) is 3. The highest BCUT2D eigenvalue weighted by molar-refractivity contribution is 5.73. The highest BCUT2D eigenvalue weighted by Crippen LogP contribution is 2.42. The van der Waals surface area contributed by atoms with Gasteiger partial charge in [-0.1, -0.05) is 32.9 Å². The molecule has 2 rings (SSSR count). The second-order valence-corrected chi connectivity index (χ2v) is 6.86. The molecule has 4 nitrogen and oxygen atoms in total. The predicted molar refractivity (Wildman–Crippen MR) is 85.3 cm³/mol. The first kappa shape index (κ1) is 15.7. The zero-order chi connectivity index (χ0) is 15.5. The number of ether oxygens (including phenoxy) is 1. The summed E-state index contributed by atoms with van der Waals surface area (Å²) in [7, 11) is 0. The third-order valence-electron chi connectivity index (χ3n) is 4.17. The minimum atomic E-state index is -0.341. The molecule has 2 atom stereocenters. The van der Waals surface area contributed by atoms with Crippen LogP contribution in [0, 0.1) is 11.3 Å². The topological polar surface area (TPSA) is 64.3 Å². The van der Waals surface area contributed by atoms with E-state index in [1.807, 2.05) is 24.3 Å². The van der Waals surface area contributed by atoms with Crippen LogP contribution in [0.5, 0.6) is 5.75 Å². The normalized spacial score (nSPS) is 23.8. The summed E-state index contributed by atoms with van der Waals surface area (Å²) < 4.78 is 5.68. The molecule has 0 aromatic heterocycles. The van der Waals surface area contributed by atoms with Crippen LogP contribution in [-0.4, -0.2) is 18.6 Å². The van der Waals surface area contributed by atoms with Crippen LogP contribution >= 0.6 is 0 Å². The summed E-state index contributed by atoms with van der Waals surface area (Å²) in [6.07, 6.45) is 2.63. The van der Waals surface area contributed by atoms with E-state index in [0.717, 1.165) is 17.9 Å². The van der Waals surface area contributed by atoms with Gasteiger partial charge in [-0.3, -0.25) is 4.79 Å². The van der Waals surface area contributed by atoms with Crippen LogP contribution in [-0.2, 0) is 4.79 Å². The Balaban J connectivity index is 2.01. The maximum Gasteiger partial charge on any atom is 0.220 e. The maximum absolute atomic E-state index is 10.8. The molecule has 0 aliphatic heterocycles. The molecule has 1 fully saturated rings. The first-order chi connectivity index (χ1) is 9.87. The van der Waals surface area contributed by atoms with Gasteiger partial charge in [0.25, 0.3) is 0 Å². The Morgan fingerprint density at radius 2 is 2.10 bits per heavy atom. The Morgan fingerprint density at radius 3 is 2.71 bits per heavy atom. The van der Waals surface area contributed by atoms with Gasteiger partial charge in [-0.05, 0) is 36.3 Å². The van der Waals surface area contributed by atoms with Gasteiger partial charge in [0.2, 0.25) is 5.91 Å². The minimum Gasteiger partial charge on any atom is -0.491 e. The fraction of sp³-hybridized carbons (Fsp3) is 0.588. The smallest absolute Gasteiger partial charge is 0.220 e. The van der Waals surface area contributed by atoms with Crippen LogP contribution in [0.25, 0.3) is 0 Å². The molecule has 0 heterocycles. The summed E-state index contributed by atoms with van der Waals surface area (Å²) in [4.78, 5) is 10.8. The van der Waals surface area contributed by atoms with Crippen molar-refractivity contribution >= 4 is 11.6 Å². The third kappa shape index (κ3) is 4.38. The molecule has 1 aromatic rings. The first-order valence-electron chi connectivity index (χ1n) is 7.64. The zero-order valence-electron chi connectivity index (χ0n) is 13.2. The molecule has 1 amide bonds. The molecule has 1 aliphatic carbocycles. The molecule has 0 spiro atoms. The highest BCUT2D eigenvalue weighted by Gasteiger charge is 2.36. The molecule has 4 heteroatoms. The van der Waals surface area contributed by atoms with E-state index in [4.69, 9.17) is 10.5 Å². The molecule has 0 radical (unpaired) electrons. The second kappa shape index (κ2) is 6.37. The van der Waals surface area contributed by atoms with E-state index in [1.165, 1.54) is 6.42 Å². The van der Waals surface area contributed by atoms with Crippen molar-refractivity contribution in [3.05, 3.63) is 24.3 Å². The monoisotopic (exact) mass is 290 g/mol. The van der Waals surface area contributed by atoms with Crippen molar-refractivity contribution in [2.24, 2.45) is 17.1 Å². The number of nitrogens with one attached hydrogen (secondary N) is 1. The molecule has 0 bridgehead atoms. The lowest BCUT2D eigenvalue weighted by Crippen LogP contribution is -2.23. The van der Waals surface area contributed by atoms with Crippen LogP contribution in [0.1, 0.15) is 40.0 Å². The molecular weight excluding hydrogens is 264 g/mol. The van der Waals surface area contributed by atoms with Crippen LogP contribution in [0.2, 0.25) is 0 Å². The van der Waals surface area contributed by atoms with Crippen molar-refractivity contribution < 1.29 is 9.53 Å². The number of para-hydroxylation sites is 2. The Hall–Kier alpha value is -1.71. The van der Waals surface area contributed by atoms with E-state index < -0.39 is 0 Å². The number of rotatable bonds is 6. The Morgan fingerprint density at radius 1 is 1.38 bits per heavy atom. The molecule has 3 N–H and O–H groups in total. The number of primary amides is 1. The summed E-state index contributed by atoms with van der Waals surface area (Å²) in [6, 6.07) is 8.34. The molecule has 2 unspecified atom stereocenters. The number of benzene rings is 1. The van der Waals surface area contributed by atoms with Crippen LogP contribution in [0.4, 0.5) is 5.69 Å². The van der Waals surface area contributed by atoms with Crippen molar-refractivity contribution in [2.45, 2.75) is 46.1 Å². The van der Waals surface area contributed by atoms with Crippen molar-refractivity contribution in [3.63, 3.8) is 0 Å². The summed E-state index contributed by atoms with van der Waals surface area (Å²) in [5.74, 6) is 1.08. The second-order valence-electron chi connectivity index (χ2n) is 6.86. The van der Waals surface area contributed by atoms with Gasteiger partial charge in [-0.2, -0.15) is 0 Å². The molecular formula is C17H26N2O2. The van der Waals surface area contributed by atoms with Crippen molar-refractivity contribution in [3.8, 4) is 5.75 Å². The number of nitrogens with two attached hydrogens (primary N) is 1. The number of hydrogen-bond donors (Lipinski definition) is 2. The van der Waals surface area contributed by atoms with Crippen LogP contribution in [0.3, 0.4) is 0 Å². The molecule has 21 heavy (non-hydrogen) atoms. The van der Waals surface area contributed by atoms with E-state index >= 15 is 0 Å². The van der Waals surface area contributed by atoms with Crippen molar-refractivity contribution in [2.75, 3.05) is 11.9 Å². The van der Waals surface area contributed by atoms with Gasteiger partial charge in [0.1, 0.15) is 5.75 Å². The van der Waals surface area contributed by atoms with Gasteiger partial charge in [0, 0.05) is 6.04 Å². The van der Waals surface area contributed by atoms with Gasteiger partial charge in [-0.25, -0.2) is 0 Å². The SMILES string of the molecule is CC1CC(C)(C)CC1Nc1ccccc1OCCC(N)=O. The quantitative estimate of drug-likeness (QED) is 0.845. The van der Waals surface area contributed by atoms with Gasteiger partial charge in [0.05, 0.1) is 18.7 Å². The van der Waals surface area contributed by atoms with Crippen LogP contribution in [0.15, 0.2) is 24.3 Å². The summed E-state index contributed by atoms with van der Waals surface area (Å²) >= 11 is 0. The van der Waals surface area contributed by atoms with E-state index in [-0.39, 0.29) is 12.3 Å². The Labute approximate surface area is 127 Å². The van der Waals surface area contributed by atoms with E-state index in [1.54, 1.807) is 0 Å². The van der Waals surface area contributed by atoms with E-state index in [9.17, 15) is 4.79 Å². The number of carbonyl (C=O) groups excluding carboxylic acids is 1. The van der Waals surface area contributed by atoms with E-state index in [2.05, 4.69) is 26.1 Å². The standard InChI is InChI=1S/C17H26N2O2/c1-12-10-17(2,3)11-14(12)19-13-6-4-5-7-15(13)21-9-8-16(18)20/h4-7,12,14,19H,8-11H2,1-3H3,(H2,18,20). The lowest BCUT2D eigenvalue weighted by molar-refractivity contribution is -0.118. The van der Waals surface area contributed by atoms with Gasteiger partial charge >= 0.3 is 0 Å². The average Bonchev–Trinajstić information content (AvgIpc) is 2.64. The van der Waals surface area contributed by atoms with Crippen LogP contribution < -0.4 is 15.8 Å². The maximum atomic E-state index is 10.8. The van der Waals surface area contributed by atoms with Gasteiger partial charge in [0.15, 0.2) is 0 Å². The summed E-state index contributed by atoms with van der Waals surface area (Å²) in [5.41, 5.74) is 6.52. The van der Waals surface area contributed by atoms with Crippen molar-refractivity contribution in [1.29, 1.82) is 0 Å². The highest BCUT2D eigenvalue weighted by atomic mass is 16.5. The molecule has 1 saturated carbocycles. The van der Waals surface area contributed by atoms with E-state index in [0.29, 0.717) is 24.0 Å². The molecule has 1 aliphatic rings. The largest absolute Gasteiger partial charge is 0.491 e. The number of amides is 1. The Kier molecular flexibility index (Phi) is 4.76. The average molecular weight is 290 g/mol. The predicted octanol–water partition coefficient (Wildman–Crippen LogP) is 3.18. The lowest BCUT2D eigenvalue weighted by Gasteiger charge is -2.21. The minimum absolute atomic E-state index is 0.237. The Bertz CT molecular complexity index is 499. The van der Waals surface area contributed by atoms with Crippen molar-refractivity contribution in [1.82, 2.24) is 0 Å². The van der Waals surface area contributed by atoms with Gasteiger partial charge < -0.3 is 15.8 Å². The number of anilines is 1. The van der Waals surface area contributed by atoms with Gasteiger partial charge in [-0.15, -0.1) is 0 Å². The fourth-order valence-corrected chi connectivity index (χ4v) is 3.26. The summed E-state index contributed by atoms with van der Waals surface area (Å²) in [5, 5.41) is 3.61. The molecule has 0 saturated heterocycles. The molecule has 1 aromatic carbocycles. The first-order valence-corrected chi connectivity index (χ1v) is 7.64. The lowest BCUT2D eigenvalue weighted by atomic mass is 9.91. The zero-order valence-corrected chi connectivity index (χ0v) is 13.2.